The summed E-state index contributed by atoms with van der Waals surface area (Å²) in [6.07, 6.45) is 4.06. The van der Waals surface area contributed by atoms with Crippen LogP contribution in [0.5, 0.6) is 0 Å². The van der Waals surface area contributed by atoms with Crippen molar-refractivity contribution >= 4 is 6.03 Å². The first-order valence-electron chi connectivity index (χ1n) is 13.4. The topological polar surface area (TPSA) is 77.7 Å². The van der Waals surface area contributed by atoms with Gasteiger partial charge in [0, 0.05) is 43.1 Å². The lowest BCUT2D eigenvalue weighted by Crippen LogP contribution is -2.81. The summed E-state index contributed by atoms with van der Waals surface area (Å²) < 4.78 is 42.6. The van der Waals surface area contributed by atoms with Gasteiger partial charge in [0.25, 0.3) is 0 Å². The second kappa shape index (κ2) is 6.22. The molecular formula is C25H33F3N6O2. The van der Waals surface area contributed by atoms with E-state index in [1.54, 1.807) is 18.3 Å². The van der Waals surface area contributed by atoms with E-state index in [4.69, 9.17) is 0 Å². The predicted octanol–water partition coefficient (Wildman–Crippen LogP) is 2.90. The van der Waals surface area contributed by atoms with Crippen LogP contribution >= 0.6 is 0 Å². The number of alkyl halides is 3. The van der Waals surface area contributed by atoms with Crippen LogP contribution in [0, 0.1) is 16.7 Å². The van der Waals surface area contributed by atoms with Gasteiger partial charge in [-0.05, 0) is 70.3 Å². The normalized spacial score (nSPS) is 37.1. The van der Waals surface area contributed by atoms with Gasteiger partial charge in [0.1, 0.15) is 17.5 Å². The van der Waals surface area contributed by atoms with E-state index < -0.39 is 17.3 Å². The molecule has 2 bridgehead atoms. The Bertz CT molecular complexity index is 1120. The Morgan fingerprint density at radius 3 is 2.28 bits per heavy atom. The first-order chi connectivity index (χ1) is 16.9. The maximum atomic E-state index is 13.6. The molecule has 1 spiro atoms. The van der Waals surface area contributed by atoms with Gasteiger partial charge in [0.05, 0.1) is 6.04 Å². The van der Waals surface area contributed by atoms with Gasteiger partial charge in [-0.15, -0.1) is 0 Å². The molecule has 1 aromatic rings. The molecule has 2 amide bonds. The van der Waals surface area contributed by atoms with E-state index in [0.29, 0.717) is 17.8 Å². The summed E-state index contributed by atoms with van der Waals surface area (Å²) >= 11 is 0. The van der Waals surface area contributed by atoms with Gasteiger partial charge in [0.15, 0.2) is 5.82 Å². The molecule has 8 nitrogen and oxygen atoms in total. The van der Waals surface area contributed by atoms with E-state index >= 15 is 0 Å². The van der Waals surface area contributed by atoms with Crippen LogP contribution in [0.25, 0.3) is 0 Å². The van der Waals surface area contributed by atoms with Gasteiger partial charge < -0.3 is 14.9 Å². The molecule has 0 aromatic carbocycles. The second-order valence-corrected chi connectivity index (χ2v) is 13.6. The van der Waals surface area contributed by atoms with E-state index in [-0.39, 0.29) is 35.2 Å². The quantitative estimate of drug-likeness (QED) is 0.665. The Morgan fingerprint density at radius 2 is 1.72 bits per heavy atom. The fraction of sp³-hybridized carbons (Fsp3) is 0.880. The van der Waals surface area contributed by atoms with Gasteiger partial charge in [-0.3, -0.25) is 4.90 Å². The van der Waals surface area contributed by atoms with Crippen molar-refractivity contribution in [2.45, 2.75) is 86.7 Å². The molecule has 8 fully saturated rings. The minimum atomic E-state index is -4.14. The average Bonchev–Trinajstić information content (AvgIpc) is 3.56. The SMILES string of the molecule is CN(C12CC(C3CN(C(=O)N4CC5(CC(n6cnc(C7(O)CC7)n6)C5)C4)C3)(C1)C2)C1(C(F)(F)F)CC1. The molecule has 0 unspecified atom stereocenters. The zero-order chi connectivity index (χ0) is 24.9. The van der Waals surface area contributed by atoms with Crippen molar-refractivity contribution in [1.82, 2.24) is 29.5 Å². The predicted molar refractivity (Wildman–Crippen MR) is 121 cm³/mol. The lowest BCUT2D eigenvalue weighted by atomic mass is 9.34. The van der Waals surface area contributed by atoms with Crippen molar-refractivity contribution in [1.29, 1.82) is 0 Å². The summed E-state index contributed by atoms with van der Waals surface area (Å²) in [4.78, 5) is 22.8. The van der Waals surface area contributed by atoms with Crippen molar-refractivity contribution < 1.29 is 23.1 Å². The Labute approximate surface area is 207 Å². The Morgan fingerprint density at radius 1 is 1.08 bits per heavy atom. The first-order valence-corrected chi connectivity index (χ1v) is 13.4. The summed E-state index contributed by atoms with van der Waals surface area (Å²) in [6, 6.07) is 0.410. The lowest BCUT2D eigenvalue weighted by molar-refractivity contribution is -0.300. The van der Waals surface area contributed by atoms with Gasteiger partial charge in [-0.25, -0.2) is 14.5 Å². The Hall–Kier alpha value is -1.88. The molecule has 2 saturated heterocycles. The Balaban J connectivity index is 0.802. The van der Waals surface area contributed by atoms with Crippen LogP contribution in [0.1, 0.15) is 69.7 Å². The van der Waals surface area contributed by atoms with Crippen molar-refractivity contribution in [2.24, 2.45) is 16.7 Å². The molecule has 8 aliphatic rings. The number of likely N-dealkylation sites (tertiary alicyclic amines) is 2. The van der Waals surface area contributed by atoms with E-state index in [0.717, 1.165) is 71.1 Å². The third kappa shape index (κ3) is 2.66. The van der Waals surface area contributed by atoms with E-state index in [1.807, 2.05) is 14.5 Å². The lowest BCUT2D eigenvalue weighted by Gasteiger charge is -2.78. The smallest absolute Gasteiger partial charge is 0.382 e. The summed E-state index contributed by atoms with van der Waals surface area (Å²) in [7, 11) is 1.68. The first kappa shape index (κ1) is 22.1. The number of halogens is 3. The van der Waals surface area contributed by atoms with Gasteiger partial charge in [0.2, 0.25) is 0 Å². The average molecular weight is 507 g/mol. The number of urea groups is 1. The maximum Gasteiger partial charge on any atom is 0.406 e. The minimum Gasteiger partial charge on any atom is -0.382 e. The van der Waals surface area contributed by atoms with Crippen molar-refractivity contribution in [2.75, 3.05) is 33.2 Å². The molecule has 11 heteroatoms. The highest BCUT2D eigenvalue weighted by molar-refractivity contribution is 5.76. The number of rotatable bonds is 5. The van der Waals surface area contributed by atoms with Crippen LogP contribution in [0.2, 0.25) is 0 Å². The molecule has 9 rings (SSSR count). The number of hydrogen-bond acceptors (Lipinski definition) is 5. The highest BCUT2D eigenvalue weighted by atomic mass is 19.4. The van der Waals surface area contributed by atoms with Crippen molar-refractivity contribution in [3.8, 4) is 0 Å². The zero-order valence-corrected chi connectivity index (χ0v) is 20.6. The molecule has 1 aromatic heterocycles. The maximum absolute atomic E-state index is 13.6. The van der Waals surface area contributed by atoms with Gasteiger partial charge >= 0.3 is 12.2 Å². The van der Waals surface area contributed by atoms with Crippen LogP contribution in [0.4, 0.5) is 18.0 Å². The number of hydrogen-bond donors (Lipinski definition) is 1. The van der Waals surface area contributed by atoms with Crippen LogP contribution in [0.15, 0.2) is 6.33 Å². The number of aromatic nitrogens is 3. The third-order valence-corrected chi connectivity index (χ3v) is 11.3. The van der Waals surface area contributed by atoms with E-state index in [9.17, 15) is 23.1 Å². The number of carbonyl (C=O) groups is 1. The fourth-order valence-electron chi connectivity index (χ4n) is 8.49. The number of nitrogens with zero attached hydrogens (tertiary/aromatic N) is 6. The molecule has 0 radical (unpaired) electrons. The summed E-state index contributed by atoms with van der Waals surface area (Å²) in [5, 5.41) is 14.7. The number of amides is 2. The van der Waals surface area contributed by atoms with E-state index in [2.05, 4.69) is 10.1 Å². The molecule has 36 heavy (non-hydrogen) atoms. The third-order valence-electron chi connectivity index (χ3n) is 11.3. The number of aliphatic hydroxyl groups is 1. The highest BCUT2D eigenvalue weighted by Crippen LogP contribution is 2.76. The fourth-order valence-corrected chi connectivity index (χ4v) is 8.49. The highest BCUT2D eigenvalue weighted by Gasteiger charge is 2.79. The van der Waals surface area contributed by atoms with Gasteiger partial charge in [-0.2, -0.15) is 18.3 Å². The van der Waals surface area contributed by atoms with Crippen LogP contribution in [-0.2, 0) is 5.60 Å². The van der Waals surface area contributed by atoms with Gasteiger partial charge in [-0.1, -0.05) is 0 Å². The van der Waals surface area contributed by atoms with Crippen LogP contribution in [0.3, 0.4) is 0 Å². The Kier molecular flexibility index (Phi) is 3.82. The van der Waals surface area contributed by atoms with E-state index in [1.165, 1.54) is 0 Å². The molecule has 6 aliphatic carbocycles. The van der Waals surface area contributed by atoms with Crippen LogP contribution < -0.4 is 0 Å². The molecule has 6 saturated carbocycles. The summed E-state index contributed by atoms with van der Waals surface area (Å²) in [5.41, 5.74) is -2.30. The van der Waals surface area contributed by atoms with Crippen LogP contribution in [-0.4, -0.2) is 91.1 Å². The van der Waals surface area contributed by atoms with Crippen molar-refractivity contribution in [3.05, 3.63) is 12.2 Å². The zero-order valence-electron chi connectivity index (χ0n) is 20.6. The molecule has 1 N–H and O–H groups in total. The molecule has 0 atom stereocenters. The summed E-state index contributed by atoms with van der Waals surface area (Å²) in [6.45, 7) is 3.07. The minimum absolute atomic E-state index is 0.117. The monoisotopic (exact) mass is 506 g/mol. The van der Waals surface area contributed by atoms with Crippen molar-refractivity contribution in [3.63, 3.8) is 0 Å². The number of carbonyl (C=O) groups excluding carboxylic acids is 1. The second-order valence-electron chi connectivity index (χ2n) is 13.6. The summed E-state index contributed by atoms with van der Waals surface area (Å²) in [5.74, 6) is 0.971. The molecule has 2 aliphatic heterocycles. The molecule has 196 valence electrons. The molecule has 3 heterocycles. The largest absolute Gasteiger partial charge is 0.406 e. The standard InChI is InChI=1S/C25H33F3N6O2/c1-31(24(4-5-24)25(26,27)28)22-10-21(11-22,12-22)16-8-32(9-16)19(35)33-13-20(14-33)6-17(7-20)34-15-29-18(30-34)23(36)2-3-23/h15-17,36H,2-14H2,1H3. The molecular weight excluding hydrogens is 473 g/mol.